The summed E-state index contributed by atoms with van der Waals surface area (Å²) in [5.41, 5.74) is 6.94. The fraction of sp³-hybridized carbons (Fsp3) is 0.462. The topological polar surface area (TPSA) is 29.3 Å². The lowest BCUT2D eigenvalue weighted by Gasteiger charge is -2.31. The number of thiocarbonyl (C=S) groups is 1. The quantitative estimate of drug-likeness (QED) is 0.797. The van der Waals surface area contributed by atoms with Crippen LogP contribution < -0.4 is 5.73 Å². The second-order valence-corrected chi connectivity index (χ2v) is 4.88. The molecule has 2 nitrogen and oxygen atoms in total. The standard InChI is InChI=1S/C13H20N2S/c1-10(2)15(3)12(9-13(14)16)11-7-5-4-6-8-11/h4-8,10,12H,9H2,1-3H3,(H2,14,16). The predicted octanol–water partition coefficient (Wildman–Crippen LogP) is 2.74. The Hall–Kier alpha value is -0.930. The van der Waals surface area contributed by atoms with E-state index in [-0.39, 0.29) is 6.04 Å². The van der Waals surface area contributed by atoms with Crippen LogP contribution >= 0.6 is 12.2 Å². The molecule has 0 saturated carbocycles. The molecule has 0 saturated heterocycles. The van der Waals surface area contributed by atoms with Crippen molar-refractivity contribution in [2.45, 2.75) is 32.4 Å². The van der Waals surface area contributed by atoms with Gasteiger partial charge in [0, 0.05) is 18.5 Å². The first-order valence-electron chi connectivity index (χ1n) is 5.57. The van der Waals surface area contributed by atoms with Crippen LogP contribution in [0.5, 0.6) is 0 Å². The van der Waals surface area contributed by atoms with E-state index in [1.807, 2.05) is 6.07 Å². The van der Waals surface area contributed by atoms with E-state index in [1.165, 1.54) is 5.56 Å². The summed E-state index contributed by atoms with van der Waals surface area (Å²) in [4.78, 5) is 2.87. The normalized spacial score (nSPS) is 13.1. The van der Waals surface area contributed by atoms with Gasteiger partial charge in [0.15, 0.2) is 0 Å². The summed E-state index contributed by atoms with van der Waals surface area (Å²) in [6.45, 7) is 4.35. The smallest absolute Gasteiger partial charge is 0.0746 e. The van der Waals surface area contributed by atoms with Gasteiger partial charge in [0.05, 0.1) is 4.99 Å². The summed E-state index contributed by atoms with van der Waals surface area (Å²) in [7, 11) is 2.11. The predicted molar refractivity (Wildman–Crippen MR) is 73.5 cm³/mol. The van der Waals surface area contributed by atoms with Crippen molar-refractivity contribution in [3.63, 3.8) is 0 Å². The Kier molecular flexibility index (Phi) is 4.90. The third kappa shape index (κ3) is 3.58. The van der Waals surface area contributed by atoms with Gasteiger partial charge in [-0.05, 0) is 26.5 Å². The van der Waals surface area contributed by atoms with Gasteiger partial charge in [-0.3, -0.25) is 4.90 Å². The van der Waals surface area contributed by atoms with E-state index in [0.29, 0.717) is 11.0 Å². The van der Waals surface area contributed by atoms with Crippen molar-refractivity contribution in [2.75, 3.05) is 7.05 Å². The van der Waals surface area contributed by atoms with Crippen molar-refractivity contribution in [3.8, 4) is 0 Å². The maximum absolute atomic E-state index is 5.67. The second kappa shape index (κ2) is 5.97. The molecule has 0 aliphatic rings. The van der Waals surface area contributed by atoms with Gasteiger partial charge in [0.2, 0.25) is 0 Å². The lowest BCUT2D eigenvalue weighted by Crippen LogP contribution is -2.33. The molecule has 0 spiro atoms. The third-order valence-corrected chi connectivity index (χ3v) is 3.05. The third-order valence-electron chi connectivity index (χ3n) is 2.89. The molecule has 1 aromatic carbocycles. The Morgan fingerprint density at radius 3 is 2.31 bits per heavy atom. The Labute approximate surface area is 103 Å². The number of benzene rings is 1. The zero-order chi connectivity index (χ0) is 12.1. The molecule has 0 fully saturated rings. The van der Waals surface area contributed by atoms with Gasteiger partial charge in [0.25, 0.3) is 0 Å². The maximum atomic E-state index is 5.67. The van der Waals surface area contributed by atoms with E-state index < -0.39 is 0 Å². The summed E-state index contributed by atoms with van der Waals surface area (Å²) in [6.07, 6.45) is 0.730. The van der Waals surface area contributed by atoms with E-state index in [2.05, 4.69) is 50.1 Å². The van der Waals surface area contributed by atoms with Crippen molar-refractivity contribution in [3.05, 3.63) is 35.9 Å². The molecule has 3 heteroatoms. The molecule has 16 heavy (non-hydrogen) atoms. The molecule has 0 amide bonds. The summed E-state index contributed by atoms with van der Waals surface area (Å²) in [6, 6.07) is 11.1. The zero-order valence-corrected chi connectivity index (χ0v) is 11.0. The SMILES string of the molecule is CC(C)N(C)C(CC(N)=S)c1ccccc1. The number of nitrogens with two attached hydrogens (primary N) is 1. The van der Waals surface area contributed by atoms with Crippen LogP contribution in [0.2, 0.25) is 0 Å². The van der Waals surface area contributed by atoms with Gasteiger partial charge in [0.1, 0.15) is 0 Å². The first kappa shape index (κ1) is 13.1. The van der Waals surface area contributed by atoms with Crippen molar-refractivity contribution in [1.82, 2.24) is 4.90 Å². The highest BCUT2D eigenvalue weighted by molar-refractivity contribution is 7.80. The molecule has 1 aromatic rings. The Balaban J connectivity index is 2.91. The molecular formula is C13H20N2S. The van der Waals surface area contributed by atoms with E-state index in [4.69, 9.17) is 18.0 Å². The van der Waals surface area contributed by atoms with Crippen molar-refractivity contribution >= 4 is 17.2 Å². The first-order valence-corrected chi connectivity index (χ1v) is 5.98. The minimum Gasteiger partial charge on any atom is -0.393 e. The van der Waals surface area contributed by atoms with Gasteiger partial charge in [-0.15, -0.1) is 0 Å². The van der Waals surface area contributed by atoms with Gasteiger partial charge in [-0.2, -0.15) is 0 Å². The summed E-state index contributed by atoms with van der Waals surface area (Å²) in [5.74, 6) is 0. The highest BCUT2D eigenvalue weighted by Gasteiger charge is 2.19. The van der Waals surface area contributed by atoms with E-state index in [9.17, 15) is 0 Å². The average Bonchev–Trinajstić information content (AvgIpc) is 2.26. The van der Waals surface area contributed by atoms with Crippen LogP contribution in [0.3, 0.4) is 0 Å². The highest BCUT2D eigenvalue weighted by Crippen LogP contribution is 2.24. The Morgan fingerprint density at radius 1 is 1.31 bits per heavy atom. The fourth-order valence-corrected chi connectivity index (χ4v) is 1.88. The first-order chi connectivity index (χ1) is 7.52. The largest absolute Gasteiger partial charge is 0.393 e. The van der Waals surface area contributed by atoms with E-state index in [1.54, 1.807) is 0 Å². The van der Waals surface area contributed by atoms with E-state index in [0.717, 1.165) is 6.42 Å². The minimum absolute atomic E-state index is 0.277. The van der Waals surface area contributed by atoms with Crippen molar-refractivity contribution < 1.29 is 0 Å². The molecule has 1 unspecified atom stereocenters. The van der Waals surface area contributed by atoms with Crippen LogP contribution in [0.15, 0.2) is 30.3 Å². The van der Waals surface area contributed by atoms with Crippen LogP contribution in [0.1, 0.15) is 31.9 Å². The molecule has 2 N–H and O–H groups in total. The van der Waals surface area contributed by atoms with Gasteiger partial charge in [-0.1, -0.05) is 42.5 Å². The maximum Gasteiger partial charge on any atom is 0.0746 e. The molecule has 88 valence electrons. The zero-order valence-electron chi connectivity index (χ0n) is 10.2. The van der Waals surface area contributed by atoms with Crippen LogP contribution in [0.4, 0.5) is 0 Å². The molecule has 0 aliphatic heterocycles. The Morgan fingerprint density at radius 2 is 1.88 bits per heavy atom. The number of hydrogen-bond acceptors (Lipinski definition) is 2. The van der Waals surface area contributed by atoms with E-state index >= 15 is 0 Å². The lowest BCUT2D eigenvalue weighted by molar-refractivity contribution is 0.201. The molecule has 0 heterocycles. The number of nitrogens with zero attached hydrogens (tertiary/aromatic N) is 1. The van der Waals surface area contributed by atoms with Gasteiger partial charge in [-0.25, -0.2) is 0 Å². The minimum atomic E-state index is 0.277. The molecular weight excluding hydrogens is 216 g/mol. The summed E-state index contributed by atoms with van der Waals surface area (Å²) < 4.78 is 0. The lowest BCUT2D eigenvalue weighted by atomic mass is 10.0. The molecule has 0 radical (unpaired) electrons. The van der Waals surface area contributed by atoms with Crippen LogP contribution in [-0.2, 0) is 0 Å². The van der Waals surface area contributed by atoms with Crippen LogP contribution in [0, 0.1) is 0 Å². The van der Waals surface area contributed by atoms with Crippen LogP contribution in [0.25, 0.3) is 0 Å². The molecule has 0 aliphatic carbocycles. The summed E-state index contributed by atoms with van der Waals surface area (Å²) in [5, 5.41) is 0. The fourth-order valence-electron chi connectivity index (χ4n) is 1.72. The van der Waals surface area contributed by atoms with Crippen molar-refractivity contribution in [2.24, 2.45) is 5.73 Å². The van der Waals surface area contributed by atoms with Crippen LogP contribution in [-0.4, -0.2) is 23.0 Å². The highest BCUT2D eigenvalue weighted by atomic mass is 32.1. The Bertz CT molecular complexity index is 335. The summed E-state index contributed by atoms with van der Waals surface area (Å²) >= 11 is 5.03. The average molecular weight is 236 g/mol. The second-order valence-electron chi connectivity index (χ2n) is 4.36. The van der Waals surface area contributed by atoms with Crippen molar-refractivity contribution in [1.29, 1.82) is 0 Å². The monoisotopic (exact) mass is 236 g/mol. The molecule has 1 rings (SSSR count). The number of hydrogen-bond donors (Lipinski definition) is 1. The molecule has 0 aromatic heterocycles. The number of rotatable bonds is 5. The van der Waals surface area contributed by atoms with Gasteiger partial charge >= 0.3 is 0 Å². The van der Waals surface area contributed by atoms with Gasteiger partial charge < -0.3 is 5.73 Å². The molecule has 0 bridgehead atoms. The molecule has 1 atom stereocenters.